The first-order valence-electron chi connectivity index (χ1n) is 9.29. The molecule has 0 spiro atoms. The SMILES string of the molecule is CCC(C)C(NC(=O)[C@H]1O[C@@H]1C(=O)O)C(=O)NCCCCNCCCN. The summed E-state index contributed by atoms with van der Waals surface area (Å²) in [5.74, 6) is -2.05. The van der Waals surface area contributed by atoms with E-state index in [2.05, 4.69) is 16.0 Å². The number of carbonyl (C=O) groups excluding carboxylic acids is 2. The summed E-state index contributed by atoms with van der Waals surface area (Å²) in [6.07, 6.45) is 1.29. The summed E-state index contributed by atoms with van der Waals surface area (Å²) in [4.78, 5) is 35.2. The van der Waals surface area contributed by atoms with Gasteiger partial charge in [-0.3, -0.25) is 9.59 Å². The minimum Gasteiger partial charge on any atom is -0.479 e. The van der Waals surface area contributed by atoms with Gasteiger partial charge in [-0.2, -0.15) is 0 Å². The van der Waals surface area contributed by atoms with Crippen molar-refractivity contribution in [3.8, 4) is 0 Å². The zero-order valence-corrected chi connectivity index (χ0v) is 15.6. The van der Waals surface area contributed by atoms with E-state index in [0.717, 1.165) is 32.4 Å². The molecule has 4 atom stereocenters. The third kappa shape index (κ3) is 7.67. The van der Waals surface area contributed by atoms with E-state index in [0.29, 0.717) is 19.5 Å². The number of hydrogen-bond acceptors (Lipinski definition) is 6. The average Bonchev–Trinajstić information content (AvgIpc) is 3.42. The molecule has 1 heterocycles. The molecule has 1 saturated heterocycles. The number of carboxylic acid groups (broad SMARTS) is 1. The van der Waals surface area contributed by atoms with Crippen molar-refractivity contribution in [1.82, 2.24) is 16.0 Å². The van der Waals surface area contributed by atoms with Crippen molar-refractivity contribution in [2.24, 2.45) is 11.7 Å². The van der Waals surface area contributed by atoms with E-state index >= 15 is 0 Å². The van der Waals surface area contributed by atoms with Crippen LogP contribution in [0.1, 0.15) is 39.5 Å². The Balaban J connectivity index is 2.32. The molecule has 0 aliphatic carbocycles. The molecular formula is C17H32N4O5. The van der Waals surface area contributed by atoms with Crippen LogP contribution in [0.5, 0.6) is 0 Å². The third-order valence-electron chi connectivity index (χ3n) is 4.42. The zero-order chi connectivity index (χ0) is 19.5. The second-order valence-corrected chi connectivity index (χ2v) is 6.58. The molecule has 0 bridgehead atoms. The molecule has 1 aliphatic heterocycles. The first kappa shape index (κ1) is 22.3. The summed E-state index contributed by atoms with van der Waals surface area (Å²) in [6.45, 7) is 6.76. The van der Waals surface area contributed by atoms with Crippen LogP contribution in [0.2, 0.25) is 0 Å². The van der Waals surface area contributed by atoms with Crippen LogP contribution in [0.25, 0.3) is 0 Å². The second kappa shape index (κ2) is 11.8. The van der Waals surface area contributed by atoms with Crippen molar-refractivity contribution in [3.63, 3.8) is 0 Å². The fourth-order valence-corrected chi connectivity index (χ4v) is 2.49. The number of aliphatic carboxylic acids is 1. The lowest BCUT2D eigenvalue weighted by Crippen LogP contribution is -2.51. The van der Waals surface area contributed by atoms with E-state index in [1.807, 2.05) is 13.8 Å². The molecule has 1 aliphatic rings. The van der Waals surface area contributed by atoms with Crippen LogP contribution in [0.3, 0.4) is 0 Å². The number of carbonyl (C=O) groups is 3. The van der Waals surface area contributed by atoms with E-state index in [1.165, 1.54) is 0 Å². The molecule has 0 aromatic rings. The lowest BCUT2D eigenvalue weighted by Gasteiger charge is -2.23. The smallest absolute Gasteiger partial charge is 0.336 e. The Morgan fingerprint density at radius 2 is 1.77 bits per heavy atom. The molecule has 6 N–H and O–H groups in total. The highest BCUT2D eigenvalue weighted by Gasteiger charge is 2.51. The molecule has 2 amide bonds. The second-order valence-electron chi connectivity index (χ2n) is 6.58. The number of nitrogens with two attached hydrogens (primary N) is 1. The summed E-state index contributed by atoms with van der Waals surface area (Å²) in [7, 11) is 0. The fourth-order valence-electron chi connectivity index (χ4n) is 2.49. The van der Waals surface area contributed by atoms with E-state index in [4.69, 9.17) is 15.6 Å². The molecule has 0 radical (unpaired) electrons. The van der Waals surface area contributed by atoms with Gasteiger partial charge in [-0.15, -0.1) is 0 Å². The van der Waals surface area contributed by atoms with Crippen molar-refractivity contribution >= 4 is 17.8 Å². The largest absolute Gasteiger partial charge is 0.479 e. The summed E-state index contributed by atoms with van der Waals surface area (Å²) in [5, 5.41) is 17.5. The average molecular weight is 372 g/mol. The highest BCUT2D eigenvalue weighted by Crippen LogP contribution is 2.23. The van der Waals surface area contributed by atoms with Gasteiger partial charge in [0.05, 0.1) is 0 Å². The van der Waals surface area contributed by atoms with Crippen LogP contribution in [-0.2, 0) is 19.1 Å². The number of rotatable bonds is 14. The van der Waals surface area contributed by atoms with Crippen LogP contribution >= 0.6 is 0 Å². The van der Waals surface area contributed by atoms with Crippen LogP contribution in [-0.4, -0.2) is 67.3 Å². The minimum atomic E-state index is -1.17. The van der Waals surface area contributed by atoms with Gasteiger partial charge in [-0.1, -0.05) is 20.3 Å². The molecule has 1 fully saturated rings. The van der Waals surface area contributed by atoms with E-state index < -0.39 is 30.1 Å². The Labute approximate surface area is 154 Å². The highest BCUT2D eigenvalue weighted by molar-refractivity contribution is 5.95. The first-order chi connectivity index (χ1) is 12.4. The predicted molar refractivity (Wildman–Crippen MR) is 96.5 cm³/mol. The molecule has 9 heteroatoms. The van der Waals surface area contributed by atoms with Gasteiger partial charge in [0.2, 0.25) is 5.91 Å². The maximum Gasteiger partial charge on any atom is 0.336 e. The zero-order valence-electron chi connectivity index (χ0n) is 15.6. The standard InChI is InChI=1S/C17H32N4O5/c1-3-11(2)12(21-16(23)13-14(26-13)17(24)25)15(22)20-10-5-4-8-19-9-6-7-18/h11-14,19H,3-10,18H2,1-2H3,(H,20,22)(H,21,23)(H,24,25)/t11?,12?,13-,14-/m0/s1. The summed E-state index contributed by atoms with van der Waals surface area (Å²) < 4.78 is 4.83. The monoisotopic (exact) mass is 372 g/mol. The van der Waals surface area contributed by atoms with Crippen molar-refractivity contribution in [1.29, 1.82) is 0 Å². The van der Waals surface area contributed by atoms with Gasteiger partial charge >= 0.3 is 5.97 Å². The van der Waals surface area contributed by atoms with Gasteiger partial charge < -0.3 is 31.5 Å². The summed E-state index contributed by atoms with van der Waals surface area (Å²) >= 11 is 0. The number of unbranched alkanes of at least 4 members (excludes halogenated alkanes) is 1. The topological polar surface area (TPSA) is 146 Å². The number of ether oxygens (including phenoxy) is 1. The van der Waals surface area contributed by atoms with Crippen molar-refractivity contribution in [2.75, 3.05) is 26.2 Å². The summed E-state index contributed by atoms with van der Waals surface area (Å²) in [6, 6.07) is -0.700. The Morgan fingerprint density at radius 1 is 1.12 bits per heavy atom. The van der Waals surface area contributed by atoms with Gasteiger partial charge in [0.15, 0.2) is 12.2 Å². The predicted octanol–water partition coefficient (Wildman–Crippen LogP) is -0.796. The number of carboxylic acids is 1. The van der Waals surface area contributed by atoms with Crippen molar-refractivity contribution in [2.45, 2.75) is 57.8 Å². The van der Waals surface area contributed by atoms with Gasteiger partial charge in [0, 0.05) is 6.54 Å². The van der Waals surface area contributed by atoms with E-state index in [1.54, 1.807) is 0 Å². The number of hydrogen-bond donors (Lipinski definition) is 5. The van der Waals surface area contributed by atoms with Crippen molar-refractivity contribution in [3.05, 3.63) is 0 Å². The maximum atomic E-state index is 12.4. The Hall–Kier alpha value is -1.71. The lowest BCUT2D eigenvalue weighted by atomic mass is 9.98. The lowest BCUT2D eigenvalue weighted by molar-refractivity contribution is -0.138. The Bertz CT molecular complexity index is 474. The fraction of sp³-hybridized carbons (Fsp3) is 0.824. The normalized spacial score (nSPS) is 20.9. The Morgan fingerprint density at radius 3 is 2.35 bits per heavy atom. The summed E-state index contributed by atoms with van der Waals surface area (Å²) in [5.41, 5.74) is 5.41. The molecule has 2 unspecified atom stereocenters. The van der Waals surface area contributed by atoms with E-state index in [-0.39, 0.29) is 11.8 Å². The van der Waals surface area contributed by atoms with Crippen LogP contribution in [0, 0.1) is 5.92 Å². The first-order valence-corrected chi connectivity index (χ1v) is 9.29. The number of nitrogens with one attached hydrogen (secondary N) is 3. The molecular weight excluding hydrogens is 340 g/mol. The molecule has 0 aromatic carbocycles. The molecule has 1 rings (SSSR count). The van der Waals surface area contributed by atoms with Crippen LogP contribution in [0.15, 0.2) is 0 Å². The molecule has 9 nitrogen and oxygen atoms in total. The quantitative estimate of drug-likeness (QED) is 0.198. The van der Waals surface area contributed by atoms with Gasteiger partial charge in [-0.25, -0.2) is 4.79 Å². The molecule has 0 saturated carbocycles. The Kier molecular flexibility index (Phi) is 10.2. The highest BCUT2D eigenvalue weighted by atomic mass is 16.6. The van der Waals surface area contributed by atoms with Crippen molar-refractivity contribution < 1.29 is 24.2 Å². The minimum absolute atomic E-state index is 0.0705. The molecule has 0 aromatic heterocycles. The van der Waals surface area contributed by atoms with E-state index in [9.17, 15) is 14.4 Å². The molecule has 150 valence electrons. The number of epoxide rings is 1. The van der Waals surface area contributed by atoms with Crippen LogP contribution in [0.4, 0.5) is 0 Å². The third-order valence-corrected chi connectivity index (χ3v) is 4.42. The maximum absolute atomic E-state index is 12.4. The van der Waals surface area contributed by atoms with Gasteiger partial charge in [0.25, 0.3) is 5.91 Å². The van der Waals surface area contributed by atoms with Crippen LogP contribution < -0.4 is 21.7 Å². The number of amides is 2. The van der Waals surface area contributed by atoms with Gasteiger partial charge in [-0.05, 0) is 44.8 Å². The molecule has 26 heavy (non-hydrogen) atoms. The van der Waals surface area contributed by atoms with Gasteiger partial charge in [0.1, 0.15) is 6.04 Å².